The van der Waals surface area contributed by atoms with Gasteiger partial charge in [-0.15, -0.1) is 0 Å². The molecule has 18 heavy (non-hydrogen) atoms. The lowest BCUT2D eigenvalue weighted by atomic mass is 10.0. The van der Waals surface area contributed by atoms with Gasteiger partial charge in [0.25, 0.3) is 0 Å². The van der Waals surface area contributed by atoms with Crippen LogP contribution in [-0.2, 0) is 0 Å². The molecule has 2 rings (SSSR count). The van der Waals surface area contributed by atoms with Crippen molar-refractivity contribution in [1.82, 2.24) is 9.97 Å². The van der Waals surface area contributed by atoms with Crippen LogP contribution in [-0.4, -0.2) is 21.0 Å². The number of hydrogen-bond acceptors (Lipinski definition) is 3. The number of hydrogen-bond donors (Lipinski definition) is 2. The van der Waals surface area contributed by atoms with E-state index in [1.165, 1.54) is 31.2 Å². The lowest BCUT2D eigenvalue weighted by Crippen LogP contribution is -2.18. The summed E-state index contributed by atoms with van der Waals surface area (Å²) in [5, 5.41) is 9.12. The summed E-state index contributed by atoms with van der Waals surface area (Å²) in [6, 6.07) is 5.12. The summed E-state index contributed by atoms with van der Waals surface area (Å²) in [5.41, 5.74) is -0.119. The zero-order valence-corrected chi connectivity index (χ0v) is 9.40. The van der Waals surface area contributed by atoms with E-state index in [0.29, 0.717) is 5.56 Å². The van der Waals surface area contributed by atoms with Gasteiger partial charge in [0.2, 0.25) is 0 Å². The minimum Gasteiger partial charge on any atom is -0.478 e. The van der Waals surface area contributed by atoms with Gasteiger partial charge in [-0.2, -0.15) is 4.98 Å². The molecule has 0 bridgehead atoms. The van der Waals surface area contributed by atoms with E-state index in [4.69, 9.17) is 5.11 Å². The van der Waals surface area contributed by atoms with Crippen LogP contribution in [0.25, 0.3) is 11.3 Å². The largest absolute Gasteiger partial charge is 0.478 e. The van der Waals surface area contributed by atoms with Crippen LogP contribution >= 0.6 is 0 Å². The van der Waals surface area contributed by atoms with Gasteiger partial charge in [0.05, 0.1) is 5.69 Å². The van der Waals surface area contributed by atoms with Gasteiger partial charge in [-0.05, 0) is 31.2 Å². The van der Waals surface area contributed by atoms with Crippen LogP contribution in [0.4, 0.5) is 4.39 Å². The van der Waals surface area contributed by atoms with Gasteiger partial charge >= 0.3 is 11.7 Å². The highest BCUT2D eigenvalue weighted by Crippen LogP contribution is 2.22. The number of nitrogens with zero attached hydrogens (tertiary/aromatic N) is 1. The van der Waals surface area contributed by atoms with Crippen LogP contribution in [0.3, 0.4) is 0 Å². The van der Waals surface area contributed by atoms with Crippen LogP contribution in [0.2, 0.25) is 0 Å². The quantitative estimate of drug-likeness (QED) is 0.845. The van der Waals surface area contributed by atoms with E-state index in [1.807, 2.05) is 0 Å². The number of halogens is 1. The molecule has 0 saturated carbocycles. The average Bonchev–Trinajstić information content (AvgIpc) is 2.28. The number of aromatic carboxylic acids is 1. The van der Waals surface area contributed by atoms with Crippen LogP contribution in [0.5, 0.6) is 0 Å². The predicted octanol–water partition coefficient (Wildman–Crippen LogP) is 1.58. The Balaban J connectivity index is 2.73. The van der Waals surface area contributed by atoms with Crippen LogP contribution < -0.4 is 5.69 Å². The normalized spacial score (nSPS) is 10.3. The number of aromatic amines is 1. The number of carboxylic acid groups (broad SMARTS) is 1. The fourth-order valence-electron chi connectivity index (χ4n) is 1.66. The zero-order valence-electron chi connectivity index (χ0n) is 9.40. The van der Waals surface area contributed by atoms with E-state index in [0.717, 1.165) is 0 Å². The maximum Gasteiger partial charge on any atom is 0.345 e. The lowest BCUT2D eigenvalue weighted by molar-refractivity contribution is 0.0696. The second-order valence-electron chi connectivity index (χ2n) is 3.70. The molecule has 1 aromatic heterocycles. The Kier molecular flexibility index (Phi) is 2.93. The summed E-state index contributed by atoms with van der Waals surface area (Å²) in [4.78, 5) is 28.4. The Morgan fingerprint density at radius 2 is 1.94 bits per heavy atom. The molecule has 0 aliphatic carbocycles. The van der Waals surface area contributed by atoms with Crippen molar-refractivity contribution in [2.75, 3.05) is 0 Å². The molecule has 0 radical (unpaired) electrons. The number of benzene rings is 1. The maximum absolute atomic E-state index is 12.8. The van der Waals surface area contributed by atoms with Gasteiger partial charge in [0, 0.05) is 11.3 Å². The number of aryl methyl sites for hydroxylation is 1. The molecule has 0 fully saturated rings. The van der Waals surface area contributed by atoms with Crippen LogP contribution in [0.15, 0.2) is 29.1 Å². The molecule has 0 aliphatic heterocycles. The first-order valence-corrected chi connectivity index (χ1v) is 5.09. The van der Waals surface area contributed by atoms with Gasteiger partial charge in [-0.3, -0.25) is 0 Å². The number of aromatic nitrogens is 2. The lowest BCUT2D eigenvalue weighted by Gasteiger charge is -2.07. The monoisotopic (exact) mass is 248 g/mol. The molecule has 1 heterocycles. The molecule has 5 nitrogen and oxygen atoms in total. The van der Waals surface area contributed by atoms with E-state index in [2.05, 4.69) is 9.97 Å². The Bertz CT molecular complexity index is 662. The van der Waals surface area contributed by atoms with E-state index < -0.39 is 17.5 Å². The number of rotatable bonds is 2. The first kappa shape index (κ1) is 12.0. The molecule has 0 amide bonds. The fraction of sp³-hybridized carbons (Fsp3) is 0.0833. The van der Waals surface area contributed by atoms with Crippen molar-refractivity contribution in [3.63, 3.8) is 0 Å². The van der Waals surface area contributed by atoms with Gasteiger partial charge in [0.15, 0.2) is 0 Å². The third-order valence-corrected chi connectivity index (χ3v) is 2.45. The summed E-state index contributed by atoms with van der Waals surface area (Å²) in [6.07, 6.45) is 0. The number of carbonyl (C=O) groups is 1. The predicted molar refractivity (Wildman–Crippen MR) is 61.9 cm³/mol. The second kappa shape index (κ2) is 4.40. The average molecular weight is 248 g/mol. The molecule has 2 N–H and O–H groups in total. The van der Waals surface area contributed by atoms with Crippen molar-refractivity contribution in [1.29, 1.82) is 0 Å². The summed E-state index contributed by atoms with van der Waals surface area (Å²) >= 11 is 0. The highest BCUT2D eigenvalue weighted by atomic mass is 19.1. The maximum atomic E-state index is 12.8. The Morgan fingerprint density at radius 1 is 1.33 bits per heavy atom. The number of carboxylic acids is 1. The topological polar surface area (TPSA) is 83.0 Å². The summed E-state index contributed by atoms with van der Waals surface area (Å²) in [6.45, 7) is 1.47. The van der Waals surface area contributed by atoms with Crippen molar-refractivity contribution in [2.24, 2.45) is 0 Å². The van der Waals surface area contributed by atoms with E-state index in [-0.39, 0.29) is 17.0 Å². The Hall–Kier alpha value is -2.50. The highest BCUT2D eigenvalue weighted by molar-refractivity contribution is 5.95. The molecule has 0 unspecified atom stereocenters. The van der Waals surface area contributed by atoms with E-state index in [1.54, 1.807) is 0 Å². The zero-order chi connectivity index (χ0) is 13.3. The Labute approximate surface area is 101 Å². The first-order valence-electron chi connectivity index (χ1n) is 5.09. The molecule has 0 aliphatic rings. The van der Waals surface area contributed by atoms with E-state index in [9.17, 15) is 14.0 Å². The molecule has 1 aromatic carbocycles. The van der Waals surface area contributed by atoms with Crippen molar-refractivity contribution in [3.05, 3.63) is 51.8 Å². The second-order valence-corrected chi connectivity index (χ2v) is 3.70. The van der Waals surface area contributed by atoms with Gasteiger partial charge in [0.1, 0.15) is 11.4 Å². The molecule has 92 valence electrons. The molecular formula is C12H9FN2O3. The van der Waals surface area contributed by atoms with Crippen molar-refractivity contribution >= 4 is 5.97 Å². The highest BCUT2D eigenvalue weighted by Gasteiger charge is 2.17. The number of nitrogens with one attached hydrogen (secondary N) is 1. The SMILES string of the molecule is Cc1[nH]c(=O)nc(-c2ccc(F)cc2)c1C(=O)O. The molecule has 6 heteroatoms. The van der Waals surface area contributed by atoms with Gasteiger partial charge < -0.3 is 10.1 Å². The minimum absolute atomic E-state index is 0.0313. The summed E-state index contributed by atoms with van der Waals surface area (Å²) < 4.78 is 12.8. The number of H-pyrrole nitrogens is 1. The molecule has 0 spiro atoms. The summed E-state index contributed by atoms with van der Waals surface area (Å²) in [5.74, 6) is -1.65. The summed E-state index contributed by atoms with van der Waals surface area (Å²) in [7, 11) is 0. The van der Waals surface area contributed by atoms with Crippen molar-refractivity contribution in [2.45, 2.75) is 6.92 Å². The third-order valence-electron chi connectivity index (χ3n) is 2.45. The van der Waals surface area contributed by atoms with E-state index >= 15 is 0 Å². The molecular weight excluding hydrogens is 239 g/mol. The van der Waals surface area contributed by atoms with Crippen LogP contribution in [0.1, 0.15) is 16.1 Å². The smallest absolute Gasteiger partial charge is 0.345 e. The molecule has 2 aromatic rings. The van der Waals surface area contributed by atoms with Gasteiger partial charge in [-0.25, -0.2) is 14.0 Å². The van der Waals surface area contributed by atoms with Crippen LogP contribution in [0, 0.1) is 12.7 Å². The Morgan fingerprint density at radius 3 is 2.50 bits per heavy atom. The van der Waals surface area contributed by atoms with Crippen molar-refractivity contribution in [3.8, 4) is 11.3 Å². The fourth-order valence-corrected chi connectivity index (χ4v) is 1.66. The first-order chi connectivity index (χ1) is 8.49. The van der Waals surface area contributed by atoms with Crippen molar-refractivity contribution < 1.29 is 14.3 Å². The standard InChI is InChI=1S/C12H9FN2O3/c1-6-9(11(16)17)10(15-12(18)14-6)7-2-4-8(13)5-3-7/h2-5H,1H3,(H,16,17)(H,14,15,18). The molecule has 0 saturated heterocycles. The molecule has 0 atom stereocenters. The minimum atomic E-state index is -1.20. The van der Waals surface area contributed by atoms with Gasteiger partial charge in [-0.1, -0.05) is 0 Å². The third kappa shape index (κ3) is 2.13.